The maximum absolute atomic E-state index is 12.5. The Bertz CT molecular complexity index is 895. The second-order valence-corrected chi connectivity index (χ2v) is 6.28. The molecule has 5 nitrogen and oxygen atoms in total. The van der Waals surface area contributed by atoms with Crippen LogP contribution in [0.3, 0.4) is 0 Å². The standard InChI is InChI=1S/C18H18N2O3S/c1-3-12-6-4-5-7-13(12)19-17(21)11-20-14-8-9-24-16(14)10-15(20)18(22)23-2/h4-10H,3,11H2,1-2H3,(H,19,21). The van der Waals surface area contributed by atoms with Gasteiger partial charge in [-0.3, -0.25) is 4.79 Å². The number of hydrogen-bond acceptors (Lipinski definition) is 4. The number of thiophene rings is 1. The highest BCUT2D eigenvalue weighted by Gasteiger charge is 2.19. The number of carbonyl (C=O) groups excluding carboxylic acids is 2. The van der Waals surface area contributed by atoms with Crippen LogP contribution in [0, 0.1) is 0 Å². The largest absolute Gasteiger partial charge is 0.464 e. The Labute approximate surface area is 143 Å². The van der Waals surface area contributed by atoms with Crippen molar-refractivity contribution in [3.63, 3.8) is 0 Å². The quantitative estimate of drug-likeness (QED) is 0.719. The van der Waals surface area contributed by atoms with Crippen LogP contribution in [-0.2, 0) is 22.5 Å². The molecule has 1 N–H and O–H groups in total. The number of rotatable bonds is 5. The van der Waals surface area contributed by atoms with Crippen LogP contribution < -0.4 is 5.32 Å². The molecule has 0 spiro atoms. The van der Waals surface area contributed by atoms with Gasteiger partial charge in [-0.25, -0.2) is 4.79 Å². The van der Waals surface area contributed by atoms with Crippen LogP contribution in [-0.4, -0.2) is 23.6 Å². The Morgan fingerprint density at radius 1 is 1.25 bits per heavy atom. The van der Waals surface area contributed by atoms with Gasteiger partial charge in [0.2, 0.25) is 5.91 Å². The van der Waals surface area contributed by atoms with Crippen LogP contribution in [0.4, 0.5) is 5.69 Å². The van der Waals surface area contributed by atoms with Crippen molar-refractivity contribution in [2.75, 3.05) is 12.4 Å². The average Bonchev–Trinajstić information content (AvgIpc) is 3.17. The lowest BCUT2D eigenvalue weighted by molar-refractivity contribution is -0.116. The SMILES string of the molecule is CCc1ccccc1NC(=O)Cn1c(C(=O)OC)cc2sccc21. The van der Waals surface area contributed by atoms with Crippen molar-refractivity contribution >= 4 is 39.1 Å². The number of anilines is 1. The molecule has 0 atom stereocenters. The van der Waals surface area contributed by atoms with Gasteiger partial charge < -0.3 is 14.6 Å². The Morgan fingerprint density at radius 3 is 2.79 bits per heavy atom. The molecular formula is C18H18N2O3S. The molecule has 0 fully saturated rings. The number of nitrogens with one attached hydrogen (secondary N) is 1. The van der Waals surface area contributed by atoms with E-state index in [0.29, 0.717) is 5.69 Å². The fourth-order valence-electron chi connectivity index (χ4n) is 2.71. The van der Waals surface area contributed by atoms with Gasteiger partial charge in [0.05, 0.1) is 17.3 Å². The summed E-state index contributed by atoms with van der Waals surface area (Å²) in [7, 11) is 1.34. The molecule has 0 radical (unpaired) electrons. The molecule has 2 aromatic heterocycles. The second kappa shape index (κ2) is 6.88. The smallest absolute Gasteiger partial charge is 0.354 e. The van der Waals surface area contributed by atoms with Crippen LogP contribution in [0.1, 0.15) is 23.0 Å². The van der Waals surface area contributed by atoms with Crippen LogP contribution in [0.25, 0.3) is 10.2 Å². The molecule has 0 saturated heterocycles. The Balaban J connectivity index is 1.87. The minimum atomic E-state index is -0.444. The molecule has 1 amide bonds. The van der Waals surface area contributed by atoms with E-state index >= 15 is 0 Å². The second-order valence-electron chi connectivity index (χ2n) is 5.34. The summed E-state index contributed by atoms with van der Waals surface area (Å²) in [6.07, 6.45) is 0.835. The van der Waals surface area contributed by atoms with Crippen LogP contribution in [0.2, 0.25) is 0 Å². The number of aromatic nitrogens is 1. The van der Waals surface area contributed by atoms with Gasteiger partial charge in [-0.2, -0.15) is 0 Å². The molecular weight excluding hydrogens is 324 g/mol. The summed E-state index contributed by atoms with van der Waals surface area (Å²) in [5.74, 6) is -0.620. The number of hydrogen-bond donors (Lipinski definition) is 1. The summed E-state index contributed by atoms with van der Waals surface area (Å²) in [6.45, 7) is 2.10. The van der Waals surface area contributed by atoms with Gasteiger partial charge >= 0.3 is 5.97 Å². The fraction of sp³-hybridized carbons (Fsp3) is 0.222. The number of aryl methyl sites for hydroxylation is 1. The number of amides is 1. The molecule has 24 heavy (non-hydrogen) atoms. The number of ether oxygens (including phenoxy) is 1. The van der Waals surface area contributed by atoms with Crippen LogP contribution in [0.15, 0.2) is 41.8 Å². The molecule has 6 heteroatoms. The van der Waals surface area contributed by atoms with Gasteiger partial charge in [-0.1, -0.05) is 25.1 Å². The number of carbonyl (C=O) groups is 2. The lowest BCUT2D eigenvalue weighted by Gasteiger charge is -2.12. The Morgan fingerprint density at radius 2 is 2.04 bits per heavy atom. The maximum Gasteiger partial charge on any atom is 0.354 e. The zero-order valence-electron chi connectivity index (χ0n) is 13.5. The number of methoxy groups -OCH3 is 1. The number of nitrogens with zero attached hydrogens (tertiary/aromatic N) is 1. The highest BCUT2D eigenvalue weighted by Crippen LogP contribution is 2.26. The van der Waals surface area contributed by atoms with E-state index in [1.807, 2.05) is 42.6 Å². The van der Waals surface area contributed by atoms with Gasteiger partial charge in [0.15, 0.2) is 0 Å². The molecule has 3 rings (SSSR count). The van der Waals surface area contributed by atoms with Gasteiger partial charge in [-0.05, 0) is 35.6 Å². The summed E-state index contributed by atoms with van der Waals surface area (Å²) in [5, 5.41) is 4.87. The molecule has 0 bridgehead atoms. The van der Waals surface area contributed by atoms with Gasteiger partial charge in [0.25, 0.3) is 0 Å². The van der Waals surface area contributed by atoms with E-state index in [-0.39, 0.29) is 12.5 Å². The first-order valence-corrected chi connectivity index (χ1v) is 8.54. The lowest BCUT2D eigenvalue weighted by Crippen LogP contribution is -2.22. The molecule has 0 aliphatic rings. The molecule has 0 unspecified atom stereocenters. The molecule has 124 valence electrons. The zero-order chi connectivity index (χ0) is 17.1. The minimum absolute atomic E-state index is 0.0582. The number of esters is 1. The van der Waals surface area contributed by atoms with Crippen molar-refractivity contribution in [3.8, 4) is 0 Å². The summed E-state index contributed by atoms with van der Waals surface area (Å²) < 4.78 is 7.48. The van der Waals surface area contributed by atoms with Gasteiger partial charge in [-0.15, -0.1) is 11.3 Å². The van der Waals surface area contributed by atoms with Crippen molar-refractivity contribution in [1.82, 2.24) is 4.57 Å². The number of fused-ring (bicyclic) bond motifs is 1. The molecule has 1 aromatic carbocycles. The summed E-state index contributed by atoms with van der Waals surface area (Å²) in [5.41, 5.74) is 3.13. The van der Waals surface area contributed by atoms with Gasteiger partial charge in [0, 0.05) is 5.69 Å². The van der Waals surface area contributed by atoms with E-state index in [4.69, 9.17) is 4.74 Å². The lowest BCUT2D eigenvalue weighted by atomic mass is 10.1. The highest BCUT2D eigenvalue weighted by atomic mass is 32.1. The highest BCUT2D eigenvalue weighted by molar-refractivity contribution is 7.17. The predicted molar refractivity (Wildman–Crippen MR) is 95.6 cm³/mol. The third-order valence-corrected chi connectivity index (χ3v) is 4.74. The molecule has 0 saturated carbocycles. The molecule has 0 aliphatic heterocycles. The zero-order valence-corrected chi connectivity index (χ0v) is 14.4. The van der Waals surface area contributed by atoms with Crippen molar-refractivity contribution in [2.45, 2.75) is 19.9 Å². The maximum atomic E-state index is 12.5. The Hall–Kier alpha value is -2.60. The van der Waals surface area contributed by atoms with E-state index in [1.165, 1.54) is 18.4 Å². The van der Waals surface area contributed by atoms with E-state index in [0.717, 1.165) is 27.9 Å². The van der Waals surface area contributed by atoms with Crippen LogP contribution in [0.5, 0.6) is 0 Å². The fourth-order valence-corrected chi connectivity index (χ4v) is 3.53. The van der Waals surface area contributed by atoms with Crippen LogP contribution >= 0.6 is 11.3 Å². The van der Waals surface area contributed by atoms with Crippen molar-refractivity contribution in [2.24, 2.45) is 0 Å². The van der Waals surface area contributed by atoms with E-state index in [9.17, 15) is 9.59 Å². The Kier molecular flexibility index (Phi) is 4.66. The molecule has 2 heterocycles. The first-order chi connectivity index (χ1) is 11.6. The predicted octanol–water partition coefficient (Wildman–Crippen LogP) is 3.69. The van der Waals surface area contributed by atoms with E-state index < -0.39 is 5.97 Å². The number of benzene rings is 1. The molecule has 0 aliphatic carbocycles. The average molecular weight is 342 g/mol. The van der Waals surface area contributed by atoms with Gasteiger partial charge in [0.1, 0.15) is 12.2 Å². The first kappa shape index (κ1) is 16.3. The van der Waals surface area contributed by atoms with Crippen molar-refractivity contribution < 1.29 is 14.3 Å². The van der Waals surface area contributed by atoms with Crippen molar-refractivity contribution in [1.29, 1.82) is 0 Å². The third kappa shape index (κ3) is 3.05. The van der Waals surface area contributed by atoms with E-state index in [2.05, 4.69) is 5.32 Å². The monoisotopic (exact) mass is 342 g/mol. The summed E-state index contributed by atoms with van der Waals surface area (Å²) in [6, 6.07) is 11.4. The minimum Gasteiger partial charge on any atom is -0.464 e. The normalized spacial score (nSPS) is 10.8. The summed E-state index contributed by atoms with van der Waals surface area (Å²) >= 11 is 1.53. The van der Waals surface area contributed by atoms with E-state index in [1.54, 1.807) is 10.6 Å². The van der Waals surface area contributed by atoms with Crippen molar-refractivity contribution in [3.05, 3.63) is 53.0 Å². The third-order valence-electron chi connectivity index (χ3n) is 3.89. The summed E-state index contributed by atoms with van der Waals surface area (Å²) in [4.78, 5) is 24.5. The number of para-hydroxylation sites is 1. The molecule has 3 aromatic rings. The topological polar surface area (TPSA) is 60.3 Å². The first-order valence-electron chi connectivity index (χ1n) is 7.66.